The molecular weight excluding hydrogens is 326 g/mol. The van der Waals surface area contributed by atoms with Gasteiger partial charge in [0.1, 0.15) is 30.6 Å². The van der Waals surface area contributed by atoms with E-state index in [0.717, 1.165) is 53.3 Å². The third-order valence-corrected chi connectivity index (χ3v) is 5.74. The first-order chi connectivity index (χ1) is 12.6. The van der Waals surface area contributed by atoms with Crippen molar-refractivity contribution in [2.75, 3.05) is 32.8 Å². The lowest BCUT2D eigenvalue weighted by molar-refractivity contribution is -0.923. The average Bonchev–Trinajstić information content (AvgIpc) is 2.69. The van der Waals surface area contributed by atoms with E-state index in [2.05, 4.69) is 20.8 Å². The summed E-state index contributed by atoms with van der Waals surface area (Å²) < 4.78 is 12.7. The summed E-state index contributed by atoms with van der Waals surface area (Å²) >= 11 is 0. The monoisotopic (exact) mass is 354 g/mol. The van der Waals surface area contributed by atoms with E-state index in [9.17, 15) is 4.79 Å². The van der Waals surface area contributed by atoms with E-state index in [4.69, 9.17) is 9.47 Å². The number of fused-ring (bicyclic) bond motifs is 2. The first-order valence-electron chi connectivity index (χ1n) is 9.51. The fourth-order valence-electron chi connectivity index (χ4n) is 3.73. The molecule has 26 heavy (non-hydrogen) atoms. The quantitative estimate of drug-likeness (QED) is 0.548. The number of hydrogen-bond acceptors (Lipinski definition) is 3. The number of carbonyl (C=O) groups excluding carboxylic acids is 1. The third-order valence-electron chi connectivity index (χ3n) is 5.74. The highest BCUT2D eigenvalue weighted by Crippen LogP contribution is 2.44. The van der Waals surface area contributed by atoms with Crippen molar-refractivity contribution in [3.05, 3.63) is 59.7 Å². The molecule has 1 aliphatic rings. The summed E-state index contributed by atoms with van der Waals surface area (Å²) in [6.45, 7) is 11.0. The number of quaternary nitrogens is 1. The molecule has 0 N–H and O–H groups in total. The van der Waals surface area contributed by atoms with Crippen LogP contribution in [0.4, 0.5) is 0 Å². The van der Waals surface area contributed by atoms with E-state index < -0.39 is 5.92 Å². The molecule has 0 fully saturated rings. The van der Waals surface area contributed by atoms with E-state index in [1.165, 1.54) is 0 Å². The van der Waals surface area contributed by atoms with Crippen molar-refractivity contribution >= 4 is 5.97 Å². The van der Waals surface area contributed by atoms with Gasteiger partial charge in [-0.05, 0) is 32.9 Å². The molecule has 0 radical (unpaired) electrons. The van der Waals surface area contributed by atoms with Crippen molar-refractivity contribution in [3.63, 3.8) is 0 Å². The lowest BCUT2D eigenvalue weighted by Gasteiger charge is -2.35. The van der Waals surface area contributed by atoms with Crippen LogP contribution in [0.2, 0.25) is 0 Å². The predicted molar refractivity (Wildman–Crippen MR) is 103 cm³/mol. The van der Waals surface area contributed by atoms with Crippen molar-refractivity contribution in [2.45, 2.75) is 26.7 Å². The Morgan fingerprint density at radius 3 is 1.92 bits per heavy atom. The number of likely N-dealkylation sites (N-methyl/N-ethyl adjacent to an activating group) is 1. The Morgan fingerprint density at radius 2 is 1.42 bits per heavy atom. The summed E-state index contributed by atoms with van der Waals surface area (Å²) in [5, 5.41) is 0. The Balaban J connectivity index is 1.79. The van der Waals surface area contributed by atoms with Gasteiger partial charge in [-0.3, -0.25) is 4.79 Å². The first-order valence-corrected chi connectivity index (χ1v) is 9.51. The molecule has 2 aromatic carbocycles. The second kappa shape index (κ2) is 7.92. The van der Waals surface area contributed by atoms with Gasteiger partial charge < -0.3 is 14.0 Å². The summed E-state index contributed by atoms with van der Waals surface area (Å²) in [7, 11) is 0. The van der Waals surface area contributed by atoms with Gasteiger partial charge in [-0.15, -0.1) is 0 Å². The van der Waals surface area contributed by atoms with Crippen LogP contribution in [-0.2, 0) is 9.53 Å². The minimum absolute atomic E-state index is 0.199. The van der Waals surface area contributed by atoms with Crippen LogP contribution in [0.3, 0.4) is 0 Å². The highest BCUT2D eigenvalue weighted by Gasteiger charge is 2.34. The van der Waals surface area contributed by atoms with E-state index in [1.54, 1.807) is 0 Å². The lowest BCUT2D eigenvalue weighted by Crippen LogP contribution is -2.49. The summed E-state index contributed by atoms with van der Waals surface area (Å²) in [5.74, 6) is 0.834. The molecule has 0 unspecified atom stereocenters. The fraction of sp³-hybridized carbons (Fsp3) is 0.409. The smallest absolute Gasteiger partial charge is 0.318 e. The van der Waals surface area contributed by atoms with Crippen molar-refractivity contribution in [2.24, 2.45) is 0 Å². The van der Waals surface area contributed by atoms with Gasteiger partial charge in [0.15, 0.2) is 0 Å². The van der Waals surface area contributed by atoms with Gasteiger partial charge in [0.05, 0.1) is 19.6 Å². The Kier molecular flexibility index (Phi) is 5.62. The predicted octanol–water partition coefficient (Wildman–Crippen LogP) is 4.34. The van der Waals surface area contributed by atoms with Gasteiger partial charge in [0.2, 0.25) is 0 Å². The first kappa shape index (κ1) is 18.5. The Morgan fingerprint density at radius 1 is 0.923 bits per heavy atom. The molecule has 0 atom stereocenters. The number of nitrogens with zero attached hydrogens (tertiary/aromatic N) is 1. The molecule has 0 aliphatic carbocycles. The molecule has 0 saturated carbocycles. The second-order valence-corrected chi connectivity index (χ2v) is 6.79. The van der Waals surface area contributed by atoms with Crippen LogP contribution in [0.1, 0.15) is 37.8 Å². The molecule has 1 heterocycles. The number of hydrogen-bond donors (Lipinski definition) is 0. The number of ether oxygens (including phenoxy) is 2. The summed E-state index contributed by atoms with van der Waals surface area (Å²) in [5.41, 5.74) is 1.75. The zero-order valence-electron chi connectivity index (χ0n) is 15.9. The van der Waals surface area contributed by atoms with E-state index >= 15 is 0 Å². The lowest BCUT2D eigenvalue weighted by atomic mass is 9.88. The standard InChI is InChI=1S/C22H28NO3/c1-4-23(5-2,6-3)15-16-25-22(24)21-17-11-7-9-13-19(17)26-20-14-10-8-12-18(20)21/h7-14,21H,4-6,15-16H2,1-3H3/q+1. The molecule has 3 rings (SSSR count). The highest BCUT2D eigenvalue weighted by molar-refractivity contribution is 5.85. The van der Waals surface area contributed by atoms with Crippen LogP contribution in [0.25, 0.3) is 0 Å². The second-order valence-electron chi connectivity index (χ2n) is 6.79. The number of benzene rings is 2. The summed E-state index contributed by atoms with van der Waals surface area (Å²) in [4.78, 5) is 13.0. The number of carbonyl (C=O) groups is 1. The van der Waals surface area contributed by atoms with Gasteiger partial charge in [-0.25, -0.2) is 0 Å². The summed E-state index contributed by atoms with van der Waals surface area (Å²) in [6, 6.07) is 15.4. The Bertz CT molecular complexity index is 714. The van der Waals surface area contributed by atoms with Gasteiger partial charge in [-0.2, -0.15) is 0 Å². The molecule has 0 bridgehead atoms. The number of rotatable bonds is 7. The maximum Gasteiger partial charge on any atom is 0.318 e. The molecule has 0 spiro atoms. The Labute approximate surface area is 155 Å². The molecule has 4 heteroatoms. The zero-order valence-corrected chi connectivity index (χ0v) is 15.9. The minimum atomic E-state index is -0.428. The largest absolute Gasteiger partial charge is 0.459 e. The van der Waals surface area contributed by atoms with Crippen LogP contribution in [0.15, 0.2) is 48.5 Å². The van der Waals surface area contributed by atoms with E-state index in [0.29, 0.717) is 6.61 Å². The fourth-order valence-corrected chi connectivity index (χ4v) is 3.73. The molecule has 0 aromatic heterocycles. The van der Waals surface area contributed by atoms with Crippen LogP contribution >= 0.6 is 0 Å². The van der Waals surface area contributed by atoms with Crippen molar-refractivity contribution in [1.29, 1.82) is 0 Å². The zero-order chi connectivity index (χ0) is 18.6. The molecule has 138 valence electrons. The molecule has 1 aliphatic heterocycles. The number of para-hydroxylation sites is 2. The van der Waals surface area contributed by atoms with Gasteiger partial charge >= 0.3 is 5.97 Å². The van der Waals surface area contributed by atoms with Gasteiger partial charge in [-0.1, -0.05) is 36.4 Å². The maximum absolute atomic E-state index is 13.0. The molecule has 0 saturated heterocycles. The van der Waals surface area contributed by atoms with Gasteiger partial charge in [0.25, 0.3) is 0 Å². The van der Waals surface area contributed by atoms with Crippen LogP contribution in [-0.4, -0.2) is 43.2 Å². The maximum atomic E-state index is 13.0. The Hall–Kier alpha value is -2.33. The average molecular weight is 354 g/mol. The van der Waals surface area contributed by atoms with Crippen molar-refractivity contribution < 1.29 is 18.8 Å². The summed E-state index contributed by atoms with van der Waals surface area (Å²) in [6.07, 6.45) is 0. The van der Waals surface area contributed by atoms with Crippen LogP contribution in [0, 0.1) is 0 Å². The van der Waals surface area contributed by atoms with Gasteiger partial charge in [0, 0.05) is 11.1 Å². The van der Waals surface area contributed by atoms with E-state index in [-0.39, 0.29) is 5.97 Å². The SMILES string of the molecule is CC[N+](CC)(CC)CCOC(=O)C1c2ccccc2Oc2ccccc21. The molecular formula is C22H28NO3+. The van der Waals surface area contributed by atoms with Crippen molar-refractivity contribution in [1.82, 2.24) is 0 Å². The third kappa shape index (κ3) is 3.47. The molecule has 2 aromatic rings. The highest BCUT2D eigenvalue weighted by atomic mass is 16.5. The molecule has 4 nitrogen and oxygen atoms in total. The van der Waals surface area contributed by atoms with Crippen LogP contribution < -0.4 is 4.74 Å². The minimum Gasteiger partial charge on any atom is -0.459 e. The molecule has 0 amide bonds. The number of esters is 1. The van der Waals surface area contributed by atoms with Crippen molar-refractivity contribution in [3.8, 4) is 11.5 Å². The van der Waals surface area contributed by atoms with E-state index in [1.807, 2.05) is 48.5 Å². The normalized spacial score (nSPS) is 13.5. The topological polar surface area (TPSA) is 35.5 Å². The van der Waals surface area contributed by atoms with Crippen LogP contribution in [0.5, 0.6) is 11.5 Å².